The van der Waals surface area contributed by atoms with Crippen molar-refractivity contribution in [1.82, 2.24) is 10.2 Å². The maximum Gasteiger partial charge on any atom is 0.317 e. The molecular weight excluding hydrogens is 252 g/mol. The Kier molecular flexibility index (Phi) is 4.37. The molecule has 2 aliphatic rings. The number of rotatable bonds is 3. The summed E-state index contributed by atoms with van der Waals surface area (Å²) >= 11 is 1.72. The zero-order valence-corrected chi connectivity index (χ0v) is 11.4. The highest BCUT2D eigenvalue weighted by atomic mass is 32.2. The summed E-state index contributed by atoms with van der Waals surface area (Å²) in [6.07, 6.45) is 2.12. The number of nitrogens with zero attached hydrogens (tertiary/aromatic N) is 1. The minimum absolute atomic E-state index is 0.0431. The summed E-state index contributed by atoms with van der Waals surface area (Å²) in [5.74, 6) is 1.48. The van der Waals surface area contributed by atoms with Crippen LogP contribution in [0.15, 0.2) is 0 Å². The van der Waals surface area contributed by atoms with E-state index in [0.29, 0.717) is 12.5 Å². The molecule has 0 radical (unpaired) electrons. The zero-order valence-electron chi connectivity index (χ0n) is 10.6. The van der Waals surface area contributed by atoms with Gasteiger partial charge in [-0.15, -0.1) is 0 Å². The summed E-state index contributed by atoms with van der Waals surface area (Å²) in [4.78, 5) is 24.6. The number of carboxylic acid groups (broad SMARTS) is 1. The first-order valence-electron chi connectivity index (χ1n) is 6.43. The number of nitrogens with one attached hydrogen (secondary N) is 1. The Balaban J connectivity index is 1.87. The molecule has 1 aliphatic heterocycles. The normalized spacial score (nSPS) is 31.6. The molecule has 0 aromatic rings. The largest absolute Gasteiger partial charge is 0.481 e. The molecule has 1 heterocycles. The molecule has 18 heavy (non-hydrogen) atoms. The quantitative estimate of drug-likeness (QED) is 0.814. The van der Waals surface area contributed by atoms with Crippen LogP contribution in [-0.4, -0.2) is 52.1 Å². The van der Waals surface area contributed by atoms with Crippen molar-refractivity contribution in [2.45, 2.75) is 38.3 Å². The smallest absolute Gasteiger partial charge is 0.317 e. The van der Waals surface area contributed by atoms with E-state index in [1.54, 1.807) is 16.7 Å². The lowest BCUT2D eigenvalue weighted by molar-refractivity contribution is -0.138. The number of carboxylic acids is 1. The second-order valence-electron chi connectivity index (χ2n) is 5.24. The summed E-state index contributed by atoms with van der Waals surface area (Å²) in [5, 5.41) is 11.9. The molecule has 1 atom stereocenters. The van der Waals surface area contributed by atoms with Crippen molar-refractivity contribution in [3.05, 3.63) is 0 Å². The van der Waals surface area contributed by atoms with Crippen molar-refractivity contribution < 1.29 is 14.7 Å². The van der Waals surface area contributed by atoms with Crippen molar-refractivity contribution >= 4 is 23.8 Å². The molecular formula is C12H20N2O3S. The molecule has 0 bridgehead atoms. The van der Waals surface area contributed by atoms with Crippen LogP contribution in [-0.2, 0) is 4.79 Å². The van der Waals surface area contributed by atoms with Crippen LogP contribution in [0.3, 0.4) is 0 Å². The fourth-order valence-corrected chi connectivity index (χ4v) is 3.63. The number of aliphatic carboxylic acids is 1. The van der Waals surface area contributed by atoms with Crippen LogP contribution >= 0.6 is 11.8 Å². The fourth-order valence-electron chi connectivity index (χ4n) is 2.57. The van der Waals surface area contributed by atoms with Gasteiger partial charge in [-0.25, -0.2) is 4.79 Å². The number of thioether (sulfide) groups is 1. The standard InChI is InChI=1S/C12H20N2O3S/c1-8-4-9(5-8)13-12(17)14-2-3-18-7-10(14)6-11(15)16/h8-10H,2-7H2,1H3,(H,13,17)(H,15,16). The van der Waals surface area contributed by atoms with Gasteiger partial charge in [0.25, 0.3) is 0 Å². The number of carbonyl (C=O) groups excluding carboxylic acids is 1. The second kappa shape index (κ2) is 5.82. The van der Waals surface area contributed by atoms with Crippen LogP contribution in [0.1, 0.15) is 26.2 Å². The lowest BCUT2D eigenvalue weighted by Gasteiger charge is -2.39. The number of amides is 2. The number of urea groups is 1. The summed E-state index contributed by atoms with van der Waals surface area (Å²) in [7, 11) is 0. The number of carbonyl (C=O) groups is 2. The molecule has 1 saturated heterocycles. The van der Waals surface area contributed by atoms with Gasteiger partial charge in [-0.2, -0.15) is 11.8 Å². The average molecular weight is 272 g/mol. The van der Waals surface area contributed by atoms with E-state index in [4.69, 9.17) is 5.11 Å². The highest BCUT2D eigenvalue weighted by molar-refractivity contribution is 7.99. The summed E-state index contributed by atoms with van der Waals surface area (Å²) in [5.41, 5.74) is 0. The van der Waals surface area contributed by atoms with Crippen molar-refractivity contribution in [3.63, 3.8) is 0 Å². The van der Waals surface area contributed by atoms with E-state index >= 15 is 0 Å². The summed E-state index contributed by atoms with van der Waals surface area (Å²) in [6, 6.07) is 0.0322. The van der Waals surface area contributed by atoms with Gasteiger partial charge in [0.15, 0.2) is 0 Å². The molecule has 2 amide bonds. The summed E-state index contributed by atoms with van der Waals surface area (Å²) in [6.45, 7) is 2.82. The molecule has 2 N–H and O–H groups in total. The van der Waals surface area contributed by atoms with Gasteiger partial charge in [-0.3, -0.25) is 4.79 Å². The Morgan fingerprint density at radius 2 is 2.17 bits per heavy atom. The molecule has 0 spiro atoms. The van der Waals surface area contributed by atoms with Gasteiger partial charge in [0.05, 0.1) is 12.5 Å². The lowest BCUT2D eigenvalue weighted by atomic mass is 9.82. The highest BCUT2D eigenvalue weighted by Crippen LogP contribution is 2.27. The first kappa shape index (κ1) is 13.5. The first-order chi connectivity index (χ1) is 8.56. The lowest BCUT2D eigenvalue weighted by Crippen LogP contribution is -2.55. The van der Waals surface area contributed by atoms with Crippen LogP contribution in [0.4, 0.5) is 4.79 Å². The Hall–Kier alpha value is -0.910. The fraction of sp³-hybridized carbons (Fsp3) is 0.833. The Morgan fingerprint density at radius 3 is 2.78 bits per heavy atom. The maximum absolute atomic E-state index is 12.1. The predicted octanol–water partition coefficient (Wildman–Crippen LogP) is 1.39. The third kappa shape index (κ3) is 3.31. The third-order valence-electron chi connectivity index (χ3n) is 3.60. The molecule has 5 nitrogen and oxygen atoms in total. The molecule has 6 heteroatoms. The third-order valence-corrected chi connectivity index (χ3v) is 4.69. The first-order valence-corrected chi connectivity index (χ1v) is 7.58. The predicted molar refractivity (Wildman–Crippen MR) is 70.8 cm³/mol. The topological polar surface area (TPSA) is 69.6 Å². The number of hydrogen-bond acceptors (Lipinski definition) is 3. The Bertz CT molecular complexity index is 331. The van der Waals surface area contributed by atoms with E-state index in [1.807, 2.05) is 0 Å². The van der Waals surface area contributed by atoms with Crippen molar-refractivity contribution in [2.75, 3.05) is 18.1 Å². The van der Waals surface area contributed by atoms with Gasteiger partial charge < -0.3 is 15.3 Å². The molecule has 2 fully saturated rings. The molecule has 2 rings (SSSR count). The van der Waals surface area contributed by atoms with Crippen LogP contribution in [0, 0.1) is 5.92 Å². The van der Waals surface area contributed by atoms with E-state index in [9.17, 15) is 9.59 Å². The molecule has 1 unspecified atom stereocenters. The highest BCUT2D eigenvalue weighted by Gasteiger charge is 2.32. The molecule has 0 aromatic heterocycles. The SMILES string of the molecule is CC1CC(NC(=O)N2CCSCC2CC(=O)O)C1. The Morgan fingerprint density at radius 1 is 1.44 bits per heavy atom. The monoisotopic (exact) mass is 272 g/mol. The average Bonchev–Trinajstić information content (AvgIpc) is 2.26. The van der Waals surface area contributed by atoms with Crippen molar-refractivity contribution in [1.29, 1.82) is 0 Å². The Labute approximate surface area is 111 Å². The van der Waals surface area contributed by atoms with E-state index < -0.39 is 5.97 Å². The van der Waals surface area contributed by atoms with Crippen LogP contribution < -0.4 is 5.32 Å². The maximum atomic E-state index is 12.1. The van der Waals surface area contributed by atoms with Gasteiger partial charge in [0.1, 0.15) is 0 Å². The van der Waals surface area contributed by atoms with E-state index in [1.165, 1.54) is 0 Å². The molecule has 0 aromatic carbocycles. The summed E-state index contributed by atoms with van der Waals surface area (Å²) < 4.78 is 0. The van der Waals surface area contributed by atoms with Crippen LogP contribution in [0.2, 0.25) is 0 Å². The van der Waals surface area contributed by atoms with Gasteiger partial charge in [0.2, 0.25) is 0 Å². The van der Waals surface area contributed by atoms with Gasteiger partial charge >= 0.3 is 12.0 Å². The van der Waals surface area contributed by atoms with Gasteiger partial charge in [-0.1, -0.05) is 6.92 Å². The number of hydrogen-bond donors (Lipinski definition) is 2. The minimum atomic E-state index is -0.836. The molecule has 102 valence electrons. The minimum Gasteiger partial charge on any atom is -0.481 e. The second-order valence-corrected chi connectivity index (χ2v) is 6.39. The van der Waals surface area contributed by atoms with Crippen LogP contribution in [0.25, 0.3) is 0 Å². The van der Waals surface area contributed by atoms with Crippen LogP contribution in [0.5, 0.6) is 0 Å². The van der Waals surface area contributed by atoms with Crippen molar-refractivity contribution in [2.24, 2.45) is 5.92 Å². The van der Waals surface area contributed by atoms with Gasteiger partial charge in [0, 0.05) is 24.1 Å². The molecule has 1 saturated carbocycles. The van der Waals surface area contributed by atoms with E-state index in [0.717, 1.165) is 24.3 Å². The van der Waals surface area contributed by atoms with E-state index in [2.05, 4.69) is 12.2 Å². The zero-order chi connectivity index (χ0) is 13.1. The van der Waals surface area contributed by atoms with Crippen molar-refractivity contribution in [3.8, 4) is 0 Å². The van der Waals surface area contributed by atoms with Gasteiger partial charge in [-0.05, 0) is 18.8 Å². The van der Waals surface area contributed by atoms with E-state index in [-0.39, 0.29) is 24.5 Å². The molecule has 1 aliphatic carbocycles.